The summed E-state index contributed by atoms with van der Waals surface area (Å²) in [6.45, 7) is 5.54. The van der Waals surface area contributed by atoms with Crippen LogP contribution in [0.3, 0.4) is 0 Å². The SMILES string of the molecule is COc1cccc(C2CNNC2C2CCN(C(=O)[C@H](C)NC(C)=O)CC2)c1. The average Bonchev–Trinajstić information content (AvgIpc) is 3.17. The number of methoxy groups -OCH3 is 1. The second-order valence-electron chi connectivity index (χ2n) is 7.52. The molecule has 2 amide bonds. The number of nitrogens with one attached hydrogen (secondary N) is 3. The van der Waals surface area contributed by atoms with Crippen molar-refractivity contribution < 1.29 is 14.3 Å². The van der Waals surface area contributed by atoms with E-state index in [1.54, 1.807) is 14.0 Å². The minimum absolute atomic E-state index is 0.00509. The van der Waals surface area contributed by atoms with E-state index >= 15 is 0 Å². The molecule has 2 aliphatic rings. The topological polar surface area (TPSA) is 82.7 Å². The maximum absolute atomic E-state index is 12.5. The minimum atomic E-state index is -0.463. The number of hydrogen-bond acceptors (Lipinski definition) is 5. The van der Waals surface area contributed by atoms with E-state index in [9.17, 15) is 9.59 Å². The summed E-state index contributed by atoms with van der Waals surface area (Å²) < 4.78 is 5.37. The molecule has 7 heteroatoms. The number of piperidine rings is 1. The molecule has 2 aliphatic heterocycles. The summed E-state index contributed by atoms with van der Waals surface area (Å²) in [6.07, 6.45) is 1.91. The van der Waals surface area contributed by atoms with Crippen LogP contribution < -0.4 is 20.9 Å². The van der Waals surface area contributed by atoms with Gasteiger partial charge in [-0.05, 0) is 43.4 Å². The molecule has 27 heavy (non-hydrogen) atoms. The highest BCUT2D eigenvalue weighted by atomic mass is 16.5. The fourth-order valence-corrected chi connectivity index (χ4v) is 4.28. The summed E-state index contributed by atoms with van der Waals surface area (Å²) in [5.74, 6) is 1.59. The molecule has 0 saturated carbocycles. The van der Waals surface area contributed by atoms with Crippen molar-refractivity contribution in [3.63, 3.8) is 0 Å². The Labute approximate surface area is 160 Å². The third-order valence-corrected chi connectivity index (χ3v) is 5.70. The number of hydrogen-bond donors (Lipinski definition) is 3. The number of benzene rings is 1. The van der Waals surface area contributed by atoms with Gasteiger partial charge in [-0.15, -0.1) is 0 Å². The fourth-order valence-electron chi connectivity index (χ4n) is 4.28. The summed E-state index contributed by atoms with van der Waals surface area (Å²) in [6, 6.07) is 8.14. The van der Waals surface area contributed by atoms with Crippen LogP contribution in [-0.4, -0.2) is 55.5 Å². The number of hydrazine groups is 1. The van der Waals surface area contributed by atoms with Gasteiger partial charge < -0.3 is 15.0 Å². The summed E-state index contributed by atoms with van der Waals surface area (Å²) in [7, 11) is 1.69. The van der Waals surface area contributed by atoms with Gasteiger partial charge in [0.15, 0.2) is 0 Å². The molecule has 0 aromatic heterocycles. The van der Waals surface area contributed by atoms with Crippen LogP contribution in [0.25, 0.3) is 0 Å². The Kier molecular flexibility index (Phi) is 6.34. The first-order chi connectivity index (χ1) is 13.0. The second kappa shape index (κ2) is 8.71. The van der Waals surface area contributed by atoms with E-state index in [4.69, 9.17) is 4.74 Å². The van der Waals surface area contributed by atoms with E-state index in [-0.39, 0.29) is 11.8 Å². The Bertz CT molecular complexity index is 673. The van der Waals surface area contributed by atoms with Crippen LogP contribution in [0.2, 0.25) is 0 Å². The predicted molar refractivity (Wildman–Crippen MR) is 103 cm³/mol. The van der Waals surface area contributed by atoms with Crippen molar-refractivity contribution >= 4 is 11.8 Å². The normalized spacial score (nSPS) is 24.5. The molecule has 7 nitrogen and oxygen atoms in total. The van der Waals surface area contributed by atoms with Crippen molar-refractivity contribution in [2.45, 2.75) is 44.7 Å². The summed E-state index contributed by atoms with van der Waals surface area (Å²) in [5, 5.41) is 2.68. The van der Waals surface area contributed by atoms with Crippen LogP contribution in [0.1, 0.15) is 38.2 Å². The van der Waals surface area contributed by atoms with Gasteiger partial charge >= 0.3 is 0 Å². The molecule has 3 rings (SSSR count). The quantitative estimate of drug-likeness (QED) is 0.717. The molecule has 148 valence electrons. The average molecular weight is 374 g/mol. The molecule has 2 heterocycles. The zero-order valence-corrected chi connectivity index (χ0v) is 16.3. The standard InChI is InChI=1S/C20H30N4O3/c1-13(22-14(2)25)20(26)24-9-7-15(8-10-24)19-18(12-21-23-19)16-5-4-6-17(11-16)27-3/h4-6,11,13,15,18-19,21,23H,7-10,12H2,1-3H3,(H,22,25)/t13-,18?,19?/m0/s1. The van der Waals surface area contributed by atoms with Crippen LogP contribution >= 0.6 is 0 Å². The summed E-state index contributed by atoms with van der Waals surface area (Å²) >= 11 is 0. The Balaban J connectivity index is 1.60. The van der Waals surface area contributed by atoms with E-state index in [1.165, 1.54) is 12.5 Å². The molecular formula is C20H30N4O3. The van der Waals surface area contributed by atoms with Gasteiger partial charge in [-0.2, -0.15) is 0 Å². The molecule has 0 spiro atoms. The molecule has 1 aromatic rings. The van der Waals surface area contributed by atoms with Crippen LogP contribution in [0.4, 0.5) is 0 Å². The first-order valence-electron chi connectivity index (χ1n) is 9.68. The molecule has 2 saturated heterocycles. The number of nitrogens with zero attached hydrogens (tertiary/aromatic N) is 1. The molecule has 3 atom stereocenters. The minimum Gasteiger partial charge on any atom is -0.497 e. The fraction of sp³-hybridized carbons (Fsp3) is 0.600. The van der Waals surface area contributed by atoms with Crippen LogP contribution in [0.5, 0.6) is 5.75 Å². The van der Waals surface area contributed by atoms with Crippen molar-refractivity contribution in [2.75, 3.05) is 26.7 Å². The van der Waals surface area contributed by atoms with Crippen molar-refractivity contribution in [2.24, 2.45) is 5.92 Å². The Morgan fingerprint density at radius 3 is 2.70 bits per heavy atom. The molecule has 0 radical (unpaired) electrons. The van der Waals surface area contributed by atoms with Gasteiger partial charge in [0.2, 0.25) is 11.8 Å². The third kappa shape index (κ3) is 4.59. The lowest BCUT2D eigenvalue weighted by Crippen LogP contribution is -2.51. The smallest absolute Gasteiger partial charge is 0.244 e. The van der Waals surface area contributed by atoms with Gasteiger partial charge in [-0.1, -0.05) is 12.1 Å². The lowest BCUT2D eigenvalue weighted by molar-refractivity contribution is -0.136. The van der Waals surface area contributed by atoms with Gasteiger partial charge in [0, 0.05) is 38.5 Å². The van der Waals surface area contributed by atoms with Crippen LogP contribution in [0.15, 0.2) is 24.3 Å². The lowest BCUT2D eigenvalue weighted by Gasteiger charge is -2.37. The number of carbonyl (C=O) groups excluding carboxylic acids is 2. The van der Waals surface area contributed by atoms with E-state index < -0.39 is 6.04 Å². The maximum Gasteiger partial charge on any atom is 0.244 e. The van der Waals surface area contributed by atoms with Gasteiger partial charge in [-0.25, -0.2) is 0 Å². The van der Waals surface area contributed by atoms with Crippen molar-refractivity contribution in [3.8, 4) is 5.75 Å². The van der Waals surface area contributed by atoms with E-state index in [2.05, 4.69) is 28.3 Å². The van der Waals surface area contributed by atoms with Gasteiger partial charge in [-0.3, -0.25) is 20.4 Å². The van der Waals surface area contributed by atoms with E-state index in [0.717, 1.165) is 38.2 Å². The first kappa shape index (κ1) is 19.6. The number of carbonyl (C=O) groups is 2. The molecule has 2 unspecified atom stereocenters. The number of rotatable bonds is 5. The Morgan fingerprint density at radius 1 is 1.30 bits per heavy atom. The second-order valence-corrected chi connectivity index (χ2v) is 7.52. The molecule has 3 N–H and O–H groups in total. The molecule has 1 aromatic carbocycles. The van der Waals surface area contributed by atoms with E-state index in [0.29, 0.717) is 17.9 Å². The lowest BCUT2D eigenvalue weighted by atomic mass is 9.80. The van der Waals surface area contributed by atoms with Crippen molar-refractivity contribution in [3.05, 3.63) is 29.8 Å². The highest BCUT2D eigenvalue weighted by Gasteiger charge is 2.37. The van der Waals surface area contributed by atoms with E-state index in [1.807, 2.05) is 17.0 Å². The molecule has 2 fully saturated rings. The molecular weight excluding hydrogens is 344 g/mol. The first-order valence-corrected chi connectivity index (χ1v) is 9.68. The predicted octanol–water partition coefficient (Wildman–Crippen LogP) is 1.02. The Morgan fingerprint density at radius 2 is 2.04 bits per heavy atom. The largest absolute Gasteiger partial charge is 0.497 e. The zero-order chi connectivity index (χ0) is 19.4. The Hall–Kier alpha value is -2.12. The third-order valence-electron chi connectivity index (χ3n) is 5.70. The molecule has 0 bridgehead atoms. The summed E-state index contributed by atoms with van der Waals surface area (Å²) in [5.41, 5.74) is 8.04. The zero-order valence-electron chi connectivity index (χ0n) is 16.3. The van der Waals surface area contributed by atoms with Gasteiger partial charge in [0.05, 0.1) is 7.11 Å². The van der Waals surface area contributed by atoms with Crippen molar-refractivity contribution in [1.29, 1.82) is 0 Å². The highest BCUT2D eigenvalue weighted by molar-refractivity contribution is 5.86. The highest BCUT2D eigenvalue weighted by Crippen LogP contribution is 2.33. The molecule has 0 aliphatic carbocycles. The van der Waals surface area contributed by atoms with Gasteiger partial charge in [0.1, 0.15) is 11.8 Å². The van der Waals surface area contributed by atoms with Crippen LogP contribution in [0, 0.1) is 5.92 Å². The van der Waals surface area contributed by atoms with Crippen LogP contribution in [-0.2, 0) is 9.59 Å². The monoisotopic (exact) mass is 374 g/mol. The number of likely N-dealkylation sites (tertiary alicyclic amines) is 1. The number of ether oxygens (including phenoxy) is 1. The maximum atomic E-state index is 12.5. The van der Waals surface area contributed by atoms with Gasteiger partial charge in [0.25, 0.3) is 0 Å². The van der Waals surface area contributed by atoms with Crippen molar-refractivity contribution in [1.82, 2.24) is 21.1 Å². The number of amides is 2. The summed E-state index contributed by atoms with van der Waals surface area (Å²) in [4.78, 5) is 25.5.